The molecule has 5 heteroatoms. The van der Waals surface area contributed by atoms with E-state index in [0.29, 0.717) is 11.3 Å². The van der Waals surface area contributed by atoms with E-state index in [4.69, 9.17) is 0 Å². The molecule has 1 fully saturated rings. The summed E-state index contributed by atoms with van der Waals surface area (Å²) in [4.78, 5) is 47.4. The first kappa shape index (κ1) is 12.2. The molecule has 5 nitrogen and oxygen atoms in total. The van der Waals surface area contributed by atoms with Gasteiger partial charge in [0.05, 0.1) is 5.69 Å². The van der Waals surface area contributed by atoms with Gasteiger partial charge in [-0.3, -0.25) is 19.2 Å². The molecule has 1 saturated heterocycles. The van der Waals surface area contributed by atoms with E-state index in [-0.39, 0.29) is 0 Å². The van der Waals surface area contributed by atoms with Gasteiger partial charge in [-0.15, -0.1) is 0 Å². The fourth-order valence-corrected chi connectivity index (χ4v) is 1.98. The molecule has 0 radical (unpaired) electrons. The maximum Gasteiger partial charge on any atom is 0.302 e. The van der Waals surface area contributed by atoms with Crippen LogP contribution in [0.5, 0.6) is 0 Å². The van der Waals surface area contributed by atoms with Crippen molar-refractivity contribution in [3.8, 4) is 0 Å². The number of hydrogen-bond acceptors (Lipinski definition) is 4. The minimum atomic E-state index is -1.47. The predicted molar refractivity (Wildman–Crippen MR) is 62.9 cm³/mol. The van der Waals surface area contributed by atoms with Gasteiger partial charge in [0, 0.05) is 0 Å². The summed E-state index contributed by atoms with van der Waals surface area (Å²) in [5, 5.41) is 0. The average molecular weight is 245 g/mol. The van der Waals surface area contributed by atoms with Crippen LogP contribution in [0.3, 0.4) is 0 Å². The molecule has 1 aromatic carbocycles. The molecule has 1 aromatic rings. The second-order valence-electron chi connectivity index (χ2n) is 4.17. The number of aryl methyl sites for hydroxylation is 1. The Kier molecular flexibility index (Phi) is 2.82. The number of carbonyl (C=O) groups excluding carboxylic acids is 4. The van der Waals surface area contributed by atoms with Crippen LogP contribution in [0.2, 0.25) is 0 Å². The molecule has 0 spiro atoms. The van der Waals surface area contributed by atoms with Crippen LogP contribution in [0, 0.1) is 12.8 Å². The van der Waals surface area contributed by atoms with Crippen molar-refractivity contribution in [3.05, 3.63) is 29.8 Å². The quantitative estimate of drug-likeness (QED) is 0.435. The Labute approximate surface area is 103 Å². The average Bonchev–Trinajstić information content (AvgIpc) is 2.52. The third-order valence-corrected chi connectivity index (χ3v) is 2.91. The summed E-state index contributed by atoms with van der Waals surface area (Å²) < 4.78 is 0. The molecule has 2 rings (SSSR count). The highest BCUT2D eigenvalue weighted by Gasteiger charge is 2.50. The molecular formula is C13H11NO4. The fraction of sp³-hybridized carbons (Fsp3) is 0.231. The minimum absolute atomic E-state index is 0.351. The number of imide groups is 1. The summed E-state index contributed by atoms with van der Waals surface area (Å²) in [6.07, 6.45) is 0. The third kappa shape index (κ3) is 1.64. The molecule has 0 saturated carbocycles. The zero-order chi connectivity index (χ0) is 13.4. The van der Waals surface area contributed by atoms with E-state index in [0.717, 1.165) is 11.8 Å². The van der Waals surface area contributed by atoms with E-state index in [9.17, 15) is 19.2 Å². The van der Waals surface area contributed by atoms with Crippen LogP contribution in [-0.4, -0.2) is 23.4 Å². The molecule has 1 aliphatic heterocycles. The zero-order valence-corrected chi connectivity index (χ0v) is 9.97. The molecule has 1 aliphatic rings. The predicted octanol–water partition coefficient (Wildman–Crippen LogP) is 0.643. The number of anilines is 1. The molecule has 0 aromatic heterocycles. The molecule has 1 unspecified atom stereocenters. The van der Waals surface area contributed by atoms with Crippen molar-refractivity contribution in [2.45, 2.75) is 13.8 Å². The first-order chi connectivity index (χ1) is 8.45. The van der Waals surface area contributed by atoms with Crippen molar-refractivity contribution < 1.29 is 19.2 Å². The largest absolute Gasteiger partial charge is 0.302 e. The Bertz CT molecular complexity index is 576. The molecule has 2 amide bonds. The zero-order valence-electron chi connectivity index (χ0n) is 9.97. The SMILES string of the molecule is CC(=O)C1C(=O)C(=O)N(c2ccccc2C)C1=O. The van der Waals surface area contributed by atoms with Gasteiger partial charge in [-0.05, 0) is 25.5 Å². The van der Waals surface area contributed by atoms with Gasteiger partial charge in [0.2, 0.25) is 5.78 Å². The Balaban J connectivity index is 2.51. The van der Waals surface area contributed by atoms with Crippen LogP contribution < -0.4 is 4.90 Å². The number of hydrogen-bond donors (Lipinski definition) is 0. The van der Waals surface area contributed by atoms with Crippen LogP contribution in [0.25, 0.3) is 0 Å². The maximum atomic E-state index is 12.0. The van der Waals surface area contributed by atoms with E-state index >= 15 is 0 Å². The first-order valence-corrected chi connectivity index (χ1v) is 5.43. The van der Waals surface area contributed by atoms with Gasteiger partial charge < -0.3 is 0 Å². The topological polar surface area (TPSA) is 71.5 Å². The van der Waals surface area contributed by atoms with Crippen molar-refractivity contribution in [1.29, 1.82) is 0 Å². The molecule has 0 N–H and O–H groups in total. The second-order valence-corrected chi connectivity index (χ2v) is 4.17. The number of carbonyl (C=O) groups is 4. The van der Waals surface area contributed by atoms with Gasteiger partial charge >= 0.3 is 5.91 Å². The van der Waals surface area contributed by atoms with E-state index in [1.54, 1.807) is 31.2 Å². The molecule has 1 heterocycles. The lowest BCUT2D eigenvalue weighted by Crippen LogP contribution is -2.32. The van der Waals surface area contributed by atoms with E-state index in [1.807, 2.05) is 0 Å². The number of nitrogens with zero attached hydrogens (tertiary/aromatic N) is 1. The summed E-state index contributed by atoms with van der Waals surface area (Å²) in [6, 6.07) is 6.71. The number of ketones is 2. The molecule has 0 aliphatic carbocycles. The highest BCUT2D eigenvalue weighted by atomic mass is 16.2. The molecule has 0 bridgehead atoms. The van der Waals surface area contributed by atoms with Crippen molar-refractivity contribution >= 4 is 29.1 Å². The Morgan fingerprint density at radius 2 is 1.78 bits per heavy atom. The Morgan fingerprint density at radius 3 is 2.28 bits per heavy atom. The lowest BCUT2D eigenvalue weighted by atomic mass is 10.0. The summed E-state index contributed by atoms with van der Waals surface area (Å²) in [7, 11) is 0. The van der Waals surface area contributed by atoms with Crippen molar-refractivity contribution in [2.24, 2.45) is 5.92 Å². The monoisotopic (exact) mass is 245 g/mol. The normalized spacial score (nSPS) is 19.6. The number of benzene rings is 1. The van der Waals surface area contributed by atoms with Crippen LogP contribution in [0.4, 0.5) is 5.69 Å². The number of Topliss-reactive ketones (excluding diaryl/α,β-unsaturated/α-hetero) is 2. The highest BCUT2D eigenvalue weighted by molar-refractivity contribution is 6.59. The summed E-state index contributed by atoms with van der Waals surface area (Å²) in [5.74, 6) is -4.72. The number of rotatable bonds is 2. The highest BCUT2D eigenvalue weighted by Crippen LogP contribution is 2.27. The smallest absolute Gasteiger partial charge is 0.299 e. The lowest BCUT2D eigenvalue weighted by molar-refractivity contribution is -0.139. The summed E-state index contributed by atoms with van der Waals surface area (Å²) in [6.45, 7) is 2.86. The van der Waals surface area contributed by atoms with Crippen LogP contribution in [0.1, 0.15) is 12.5 Å². The van der Waals surface area contributed by atoms with Crippen molar-refractivity contribution in [3.63, 3.8) is 0 Å². The molecule has 18 heavy (non-hydrogen) atoms. The van der Waals surface area contributed by atoms with E-state index in [2.05, 4.69) is 0 Å². The van der Waals surface area contributed by atoms with Gasteiger partial charge in [-0.25, -0.2) is 4.90 Å². The Morgan fingerprint density at radius 1 is 1.17 bits per heavy atom. The minimum Gasteiger partial charge on any atom is -0.299 e. The number of amides is 2. The number of para-hydroxylation sites is 1. The fourth-order valence-electron chi connectivity index (χ4n) is 1.98. The van der Waals surface area contributed by atoms with Gasteiger partial charge in [-0.2, -0.15) is 0 Å². The summed E-state index contributed by atoms with van der Waals surface area (Å²) in [5.41, 5.74) is 1.04. The van der Waals surface area contributed by atoms with E-state index < -0.39 is 29.3 Å². The van der Waals surface area contributed by atoms with Gasteiger partial charge in [0.1, 0.15) is 5.78 Å². The van der Waals surface area contributed by atoms with Crippen molar-refractivity contribution in [2.75, 3.05) is 4.90 Å². The first-order valence-electron chi connectivity index (χ1n) is 5.43. The van der Waals surface area contributed by atoms with Crippen molar-refractivity contribution in [1.82, 2.24) is 0 Å². The molecule has 92 valence electrons. The van der Waals surface area contributed by atoms with Crippen LogP contribution in [0.15, 0.2) is 24.3 Å². The third-order valence-electron chi connectivity index (χ3n) is 2.91. The standard InChI is InChI=1S/C13H11NO4/c1-7-5-3-4-6-9(7)14-12(17)10(8(2)15)11(16)13(14)18/h3-6,10H,1-2H3. The lowest BCUT2D eigenvalue weighted by Gasteiger charge is -2.15. The van der Waals surface area contributed by atoms with Gasteiger partial charge in [-0.1, -0.05) is 18.2 Å². The van der Waals surface area contributed by atoms with Gasteiger partial charge in [0.25, 0.3) is 5.91 Å². The molecule has 1 atom stereocenters. The van der Waals surface area contributed by atoms with Gasteiger partial charge in [0.15, 0.2) is 5.92 Å². The van der Waals surface area contributed by atoms with Crippen LogP contribution in [-0.2, 0) is 19.2 Å². The second kappa shape index (κ2) is 4.18. The maximum absolute atomic E-state index is 12.0. The molecular weight excluding hydrogens is 234 g/mol. The van der Waals surface area contributed by atoms with Crippen LogP contribution >= 0.6 is 0 Å². The Hall–Kier alpha value is -2.30. The summed E-state index contributed by atoms with van der Waals surface area (Å²) >= 11 is 0. The van der Waals surface area contributed by atoms with E-state index in [1.165, 1.54) is 0 Å².